The van der Waals surface area contributed by atoms with Gasteiger partial charge in [0.25, 0.3) is 0 Å². The van der Waals surface area contributed by atoms with Crippen LogP contribution in [-0.4, -0.2) is 24.7 Å². The molecule has 1 aromatic carbocycles. The van der Waals surface area contributed by atoms with E-state index in [0.717, 1.165) is 18.4 Å². The minimum absolute atomic E-state index is 0.0300. The Morgan fingerprint density at radius 1 is 1.35 bits per heavy atom. The molecule has 1 heterocycles. The molecule has 4 nitrogen and oxygen atoms in total. The van der Waals surface area contributed by atoms with E-state index in [1.165, 1.54) is 12.1 Å². The zero-order valence-electron chi connectivity index (χ0n) is 14.1. The minimum atomic E-state index is -0.438. The van der Waals surface area contributed by atoms with Crippen LogP contribution in [0, 0.1) is 11.2 Å². The summed E-state index contributed by atoms with van der Waals surface area (Å²) in [5.41, 5.74) is 6.53. The summed E-state index contributed by atoms with van der Waals surface area (Å²) in [6, 6.07) is 6.14. The standard InChI is InChI=1S/C18H27FN2O2/c1-18(2,3)10-15(12-4-6-13(19)7-5-12)21-17(22)16-9-8-14(11-20)23-16/h4-7,14-16H,8-11,20H2,1-3H3,(H,21,22)/t14-,15?,16+/m1/s1. The maximum atomic E-state index is 13.2. The number of hydrogen-bond acceptors (Lipinski definition) is 3. The number of carbonyl (C=O) groups excluding carboxylic acids is 1. The van der Waals surface area contributed by atoms with Gasteiger partial charge in [0.05, 0.1) is 12.1 Å². The molecule has 0 spiro atoms. The summed E-state index contributed by atoms with van der Waals surface area (Å²) in [6.07, 6.45) is 1.80. The predicted molar refractivity (Wildman–Crippen MR) is 88.3 cm³/mol. The van der Waals surface area contributed by atoms with Gasteiger partial charge >= 0.3 is 0 Å². The number of ether oxygens (including phenoxy) is 1. The lowest BCUT2D eigenvalue weighted by Gasteiger charge is -2.28. The normalized spacial score (nSPS) is 22.8. The molecule has 3 atom stereocenters. The molecule has 0 saturated carbocycles. The zero-order valence-corrected chi connectivity index (χ0v) is 14.1. The van der Waals surface area contributed by atoms with Crippen LogP contribution in [0.25, 0.3) is 0 Å². The first-order valence-corrected chi connectivity index (χ1v) is 8.20. The first kappa shape index (κ1) is 17.9. The lowest BCUT2D eigenvalue weighted by atomic mass is 9.85. The van der Waals surface area contributed by atoms with Gasteiger partial charge in [-0.15, -0.1) is 0 Å². The van der Waals surface area contributed by atoms with Crippen LogP contribution in [0.1, 0.15) is 51.6 Å². The zero-order chi connectivity index (χ0) is 17.0. The highest BCUT2D eigenvalue weighted by molar-refractivity contribution is 5.81. The number of carbonyl (C=O) groups is 1. The molecule has 1 unspecified atom stereocenters. The number of amides is 1. The number of rotatable bonds is 5. The molecule has 128 valence electrons. The Labute approximate surface area is 137 Å². The maximum absolute atomic E-state index is 13.2. The van der Waals surface area contributed by atoms with Crippen molar-refractivity contribution in [1.82, 2.24) is 5.32 Å². The van der Waals surface area contributed by atoms with Crippen LogP contribution in [0.2, 0.25) is 0 Å². The first-order chi connectivity index (χ1) is 10.8. The molecule has 1 aliphatic heterocycles. The molecule has 1 amide bonds. The van der Waals surface area contributed by atoms with Gasteiger partial charge in [0.15, 0.2) is 0 Å². The Bertz CT molecular complexity index is 525. The molecule has 1 saturated heterocycles. The predicted octanol–water partition coefficient (Wildman–Crippen LogP) is 2.93. The minimum Gasteiger partial charge on any atom is -0.364 e. The number of halogens is 1. The van der Waals surface area contributed by atoms with E-state index in [1.807, 2.05) is 0 Å². The van der Waals surface area contributed by atoms with Crippen molar-refractivity contribution in [3.63, 3.8) is 0 Å². The fourth-order valence-corrected chi connectivity index (χ4v) is 2.90. The topological polar surface area (TPSA) is 64.4 Å². The second-order valence-electron chi connectivity index (χ2n) is 7.44. The van der Waals surface area contributed by atoms with Gasteiger partial charge in [0, 0.05) is 6.54 Å². The van der Waals surface area contributed by atoms with Gasteiger partial charge in [-0.25, -0.2) is 4.39 Å². The Kier molecular flexibility index (Phi) is 5.76. The van der Waals surface area contributed by atoms with Crippen molar-refractivity contribution >= 4 is 5.91 Å². The molecule has 1 fully saturated rings. The maximum Gasteiger partial charge on any atom is 0.249 e. The smallest absolute Gasteiger partial charge is 0.249 e. The van der Waals surface area contributed by atoms with Gasteiger partial charge in [-0.1, -0.05) is 32.9 Å². The van der Waals surface area contributed by atoms with E-state index in [2.05, 4.69) is 26.1 Å². The van der Waals surface area contributed by atoms with Gasteiger partial charge in [0.1, 0.15) is 11.9 Å². The highest BCUT2D eigenvalue weighted by Gasteiger charge is 2.32. The average molecular weight is 322 g/mol. The van der Waals surface area contributed by atoms with Crippen molar-refractivity contribution in [3.8, 4) is 0 Å². The third-order valence-corrected chi connectivity index (χ3v) is 4.07. The van der Waals surface area contributed by atoms with Crippen molar-refractivity contribution < 1.29 is 13.9 Å². The largest absolute Gasteiger partial charge is 0.364 e. The molecule has 5 heteroatoms. The van der Waals surface area contributed by atoms with Crippen LogP contribution in [0.3, 0.4) is 0 Å². The average Bonchev–Trinajstić information content (AvgIpc) is 2.95. The van der Waals surface area contributed by atoms with E-state index >= 15 is 0 Å². The van der Waals surface area contributed by atoms with Crippen LogP contribution in [-0.2, 0) is 9.53 Å². The molecule has 0 bridgehead atoms. The van der Waals surface area contributed by atoms with Crippen molar-refractivity contribution in [2.45, 2.75) is 58.3 Å². The quantitative estimate of drug-likeness (QED) is 0.876. The summed E-state index contributed by atoms with van der Waals surface area (Å²) in [6.45, 7) is 6.79. The molecule has 2 rings (SSSR count). The molecule has 0 aliphatic carbocycles. The van der Waals surface area contributed by atoms with E-state index in [9.17, 15) is 9.18 Å². The third kappa shape index (κ3) is 5.29. The fraction of sp³-hybridized carbons (Fsp3) is 0.611. The highest BCUT2D eigenvalue weighted by atomic mass is 19.1. The molecular formula is C18H27FN2O2. The number of nitrogens with two attached hydrogens (primary N) is 1. The molecule has 1 aromatic rings. The lowest BCUT2D eigenvalue weighted by molar-refractivity contribution is -0.132. The van der Waals surface area contributed by atoms with Gasteiger partial charge in [-0.2, -0.15) is 0 Å². The van der Waals surface area contributed by atoms with Gasteiger partial charge in [0.2, 0.25) is 5.91 Å². The van der Waals surface area contributed by atoms with Gasteiger partial charge < -0.3 is 15.8 Å². The summed E-state index contributed by atoms with van der Waals surface area (Å²) >= 11 is 0. The van der Waals surface area contributed by atoms with E-state index in [1.54, 1.807) is 12.1 Å². The Balaban J connectivity index is 2.08. The van der Waals surface area contributed by atoms with Crippen molar-refractivity contribution in [1.29, 1.82) is 0 Å². The van der Waals surface area contributed by atoms with Crippen LogP contribution < -0.4 is 11.1 Å². The lowest BCUT2D eigenvalue weighted by Crippen LogP contribution is -2.39. The van der Waals surface area contributed by atoms with Crippen LogP contribution in [0.5, 0.6) is 0 Å². The van der Waals surface area contributed by atoms with E-state index in [-0.39, 0.29) is 29.3 Å². The Hall–Kier alpha value is -1.46. The monoisotopic (exact) mass is 322 g/mol. The SMILES string of the molecule is CC(C)(C)CC(NC(=O)[C@@H]1CC[C@H](CN)O1)c1ccc(F)cc1. The molecule has 3 N–H and O–H groups in total. The molecule has 23 heavy (non-hydrogen) atoms. The first-order valence-electron chi connectivity index (χ1n) is 8.20. The van der Waals surface area contributed by atoms with Gasteiger partial charge in [-0.05, 0) is 42.4 Å². The molecule has 1 aliphatic rings. The summed E-state index contributed by atoms with van der Waals surface area (Å²) in [5, 5.41) is 3.07. The summed E-state index contributed by atoms with van der Waals surface area (Å²) in [4.78, 5) is 12.5. The van der Waals surface area contributed by atoms with Crippen molar-refractivity contribution in [3.05, 3.63) is 35.6 Å². The number of hydrogen-bond donors (Lipinski definition) is 2. The molecular weight excluding hydrogens is 295 g/mol. The summed E-state index contributed by atoms with van der Waals surface area (Å²) in [5.74, 6) is -0.390. The van der Waals surface area contributed by atoms with Crippen LogP contribution >= 0.6 is 0 Å². The Morgan fingerprint density at radius 2 is 2.00 bits per heavy atom. The van der Waals surface area contributed by atoms with E-state index in [4.69, 9.17) is 10.5 Å². The van der Waals surface area contributed by atoms with Crippen LogP contribution in [0.4, 0.5) is 4.39 Å². The molecule has 0 aromatic heterocycles. The van der Waals surface area contributed by atoms with E-state index in [0.29, 0.717) is 13.0 Å². The van der Waals surface area contributed by atoms with Crippen molar-refractivity contribution in [2.75, 3.05) is 6.54 Å². The number of nitrogens with one attached hydrogen (secondary N) is 1. The highest BCUT2D eigenvalue weighted by Crippen LogP contribution is 2.30. The molecule has 0 radical (unpaired) electrons. The third-order valence-electron chi connectivity index (χ3n) is 4.07. The summed E-state index contributed by atoms with van der Waals surface area (Å²) in [7, 11) is 0. The second-order valence-corrected chi connectivity index (χ2v) is 7.44. The number of benzene rings is 1. The Morgan fingerprint density at radius 3 is 2.52 bits per heavy atom. The van der Waals surface area contributed by atoms with Crippen molar-refractivity contribution in [2.24, 2.45) is 11.1 Å². The summed E-state index contributed by atoms with van der Waals surface area (Å²) < 4.78 is 18.8. The van der Waals surface area contributed by atoms with Crippen LogP contribution in [0.15, 0.2) is 24.3 Å². The second kappa shape index (κ2) is 7.41. The fourth-order valence-electron chi connectivity index (χ4n) is 2.90. The van der Waals surface area contributed by atoms with E-state index < -0.39 is 6.10 Å². The van der Waals surface area contributed by atoms with Gasteiger partial charge in [-0.3, -0.25) is 4.79 Å².